The van der Waals surface area contributed by atoms with E-state index in [0.717, 1.165) is 57.1 Å². The SMILES string of the molecule is C[C@@H]1O[C@@H](CO[C@H]2[C@H](O[C@@H]3CC[C@]4(C)C(=C[C@@H](O)[C@H]5[C@H]6C[C@@H]7O[C@]8(CCCCO8)[C@@H](C)[C@@H]7[C@]6(C)CC[C@@H]54)C3)O[C@H](CO)[C@@H](O[C@@H]3O[C@@H](CO)[C@H](O)[C@H]3O)[C@@H]2O)[C@H](O)[C@H](O)[C@H]1O. The first kappa shape index (κ1) is 45.2. The molecule has 8 fully saturated rings. The Bertz CT molecular complexity index is 1580. The largest absolute Gasteiger partial charge is 0.394 e. The topological polar surface area (TPSA) is 256 Å². The molecule has 61 heavy (non-hydrogen) atoms. The van der Waals surface area contributed by atoms with E-state index in [-0.39, 0.29) is 41.3 Å². The average Bonchev–Trinajstić information content (AvgIpc) is 3.80. The first-order valence-corrected chi connectivity index (χ1v) is 22.9. The van der Waals surface area contributed by atoms with E-state index >= 15 is 0 Å². The maximum atomic E-state index is 12.1. The van der Waals surface area contributed by atoms with E-state index in [4.69, 9.17) is 37.9 Å². The van der Waals surface area contributed by atoms with Crippen molar-refractivity contribution in [1.29, 1.82) is 0 Å². The number of rotatable bonds is 9. The number of ether oxygens (including phenoxy) is 8. The number of aliphatic hydroxyl groups is 9. The molecular formula is C44H70O17. The second kappa shape index (κ2) is 17.0. The Kier molecular flexibility index (Phi) is 12.6. The highest BCUT2D eigenvalue weighted by molar-refractivity contribution is 5.29. The fourth-order valence-electron chi connectivity index (χ4n) is 14.0. The molecule has 348 valence electrons. The Labute approximate surface area is 357 Å². The van der Waals surface area contributed by atoms with Crippen molar-refractivity contribution in [3.8, 4) is 0 Å². The van der Waals surface area contributed by atoms with Crippen LogP contribution in [0, 0.1) is 40.4 Å². The maximum Gasteiger partial charge on any atom is 0.187 e. The summed E-state index contributed by atoms with van der Waals surface area (Å²) in [4.78, 5) is 0. The van der Waals surface area contributed by atoms with E-state index in [1.54, 1.807) is 6.92 Å². The third kappa shape index (κ3) is 7.41. The quantitative estimate of drug-likeness (QED) is 0.134. The summed E-state index contributed by atoms with van der Waals surface area (Å²) in [6.07, 6.45) is -9.65. The van der Waals surface area contributed by atoms with Gasteiger partial charge in [0.1, 0.15) is 67.1 Å². The van der Waals surface area contributed by atoms with Crippen LogP contribution in [-0.4, -0.2) is 182 Å². The van der Waals surface area contributed by atoms with Crippen LogP contribution in [0.25, 0.3) is 0 Å². The number of fused-ring (bicyclic) bond motifs is 7. The summed E-state index contributed by atoms with van der Waals surface area (Å²) < 4.78 is 49.7. The normalized spacial score (nSPS) is 57.0. The summed E-state index contributed by atoms with van der Waals surface area (Å²) >= 11 is 0. The zero-order valence-electron chi connectivity index (χ0n) is 35.8. The minimum atomic E-state index is -1.59. The molecule has 0 bridgehead atoms. The standard InChI is InChI=1S/C44H70O17/c1-19-31-26(61-44(19)9-5-6-12-55-44)15-24-30-23(8-11-43(24,31)4)42(3)10-7-22(13-21(42)14-25(30)47)57-41-39(54-18-29-34(50)35(51)32(48)20(2)56-29)37(53)38(28(17-46)59-41)60-40-36(52)33(49)27(16-45)58-40/h14,19-20,22-41,45-53H,5-13,15-18H2,1-4H3/t19-,20-,22+,23-,24+,25+,26-,27-,28+,29-,30+,31-,32-,33-,34-,35+,36+,37-,38+,39+,40-,41+,42+,43+,44+/m0/s1. The molecule has 5 saturated heterocycles. The van der Waals surface area contributed by atoms with Crippen LogP contribution in [0.15, 0.2) is 11.6 Å². The third-order valence-electron chi connectivity index (χ3n) is 17.3. The molecular weight excluding hydrogens is 800 g/mol. The maximum absolute atomic E-state index is 12.1. The highest BCUT2D eigenvalue weighted by Gasteiger charge is 2.69. The van der Waals surface area contributed by atoms with Gasteiger partial charge < -0.3 is 83.9 Å². The molecule has 5 heterocycles. The molecule has 5 aliphatic heterocycles. The lowest BCUT2D eigenvalue weighted by atomic mass is 9.46. The molecule has 25 atom stereocenters. The van der Waals surface area contributed by atoms with Crippen LogP contribution < -0.4 is 0 Å². The van der Waals surface area contributed by atoms with Gasteiger partial charge in [0, 0.05) is 12.3 Å². The van der Waals surface area contributed by atoms with Gasteiger partial charge >= 0.3 is 0 Å². The lowest BCUT2D eigenvalue weighted by molar-refractivity contribution is -0.348. The van der Waals surface area contributed by atoms with Gasteiger partial charge in [0.25, 0.3) is 0 Å². The molecule has 4 aliphatic carbocycles. The van der Waals surface area contributed by atoms with Crippen LogP contribution in [0.5, 0.6) is 0 Å². The Morgan fingerprint density at radius 1 is 0.721 bits per heavy atom. The fourth-order valence-corrected chi connectivity index (χ4v) is 14.0. The average molecular weight is 871 g/mol. The molecule has 3 saturated carbocycles. The van der Waals surface area contributed by atoms with Gasteiger partial charge in [-0.05, 0) is 92.8 Å². The van der Waals surface area contributed by atoms with Crippen LogP contribution in [-0.2, 0) is 37.9 Å². The molecule has 17 heteroatoms. The van der Waals surface area contributed by atoms with Gasteiger partial charge in [0.15, 0.2) is 18.4 Å². The van der Waals surface area contributed by atoms with Crippen molar-refractivity contribution in [2.24, 2.45) is 40.4 Å². The van der Waals surface area contributed by atoms with Crippen molar-refractivity contribution < 1.29 is 83.9 Å². The van der Waals surface area contributed by atoms with Crippen LogP contribution in [0.2, 0.25) is 0 Å². The van der Waals surface area contributed by atoms with Crippen LogP contribution >= 0.6 is 0 Å². The Morgan fingerprint density at radius 3 is 2.16 bits per heavy atom. The molecule has 0 aromatic rings. The minimum absolute atomic E-state index is 0.0362. The molecule has 9 aliphatic rings. The smallest absolute Gasteiger partial charge is 0.187 e. The molecule has 9 rings (SSSR count). The van der Waals surface area contributed by atoms with Crippen molar-refractivity contribution in [3.05, 3.63) is 11.6 Å². The van der Waals surface area contributed by atoms with Gasteiger partial charge in [0.05, 0.1) is 50.8 Å². The van der Waals surface area contributed by atoms with Crippen molar-refractivity contribution in [2.75, 3.05) is 26.4 Å². The predicted octanol–water partition coefficient (Wildman–Crippen LogP) is -0.379. The third-order valence-corrected chi connectivity index (χ3v) is 17.3. The van der Waals surface area contributed by atoms with E-state index in [0.29, 0.717) is 24.7 Å². The van der Waals surface area contributed by atoms with Gasteiger partial charge in [0.2, 0.25) is 0 Å². The minimum Gasteiger partial charge on any atom is -0.394 e. The molecule has 9 N–H and O–H groups in total. The Morgan fingerprint density at radius 2 is 1.46 bits per heavy atom. The second-order valence-corrected chi connectivity index (χ2v) is 20.4. The Hall–Kier alpha value is -0.940. The van der Waals surface area contributed by atoms with Gasteiger partial charge in [-0.3, -0.25) is 0 Å². The summed E-state index contributed by atoms with van der Waals surface area (Å²) in [6, 6.07) is 0. The van der Waals surface area contributed by atoms with Crippen molar-refractivity contribution in [1.82, 2.24) is 0 Å². The van der Waals surface area contributed by atoms with Crippen molar-refractivity contribution >= 4 is 0 Å². The van der Waals surface area contributed by atoms with E-state index in [1.807, 2.05) is 0 Å². The van der Waals surface area contributed by atoms with Gasteiger partial charge in [-0.2, -0.15) is 0 Å². The summed E-state index contributed by atoms with van der Waals surface area (Å²) in [5.41, 5.74) is 0.986. The van der Waals surface area contributed by atoms with Crippen LogP contribution in [0.3, 0.4) is 0 Å². The lowest BCUT2D eigenvalue weighted by Gasteiger charge is -2.59. The molecule has 0 unspecified atom stereocenters. The van der Waals surface area contributed by atoms with Crippen molar-refractivity contribution in [3.63, 3.8) is 0 Å². The van der Waals surface area contributed by atoms with Crippen LogP contribution in [0.4, 0.5) is 0 Å². The van der Waals surface area contributed by atoms with E-state index in [2.05, 4.69) is 26.8 Å². The van der Waals surface area contributed by atoms with E-state index < -0.39 is 117 Å². The van der Waals surface area contributed by atoms with Gasteiger partial charge in [-0.25, -0.2) is 0 Å². The first-order chi connectivity index (χ1) is 29.0. The number of hydrogen-bond donors (Lipinski definition) is 9. The first-order valence-electron chi connectivity index (χ1n) is 22.9. The monoisotopic (exact) mass is 870 g/mol. The molecule has 0 amide bonds. The predicted molar refractivity (Wildman–Crippen MR) is 210 cm³/mol. The Balaban J connectivity index is 0.920. The fraction of sp³-hybridized carbons (Fsp3) is 0.955. The lowest BCUT2D eigenvalue weighted by Crippen LogP contribution is -2.63. The van der Waals surface area contributed by atoms with Gasteiger partial charge in [-0.1, -0.05) is 32.4 Å². The summed E-state index contributed by atoms with van der Waals surface area (Å²) in [5, 5.41) is 96.6. The highest BCUT2D eigenvalue weighted by Crippen LogP contribution is 2.70. The molecule has 0 aromatic heterocycles. The molecule has 17 nitrogen and oxygen atoms in total. The van der Waals surface area contributed by atoms with E-state index in [1.165, 1.54) is 0 Å². The number of aliphatic hydroxyl groups excluding tert-OH is 9. The summed E-state index contributed by atoms with van der Waals surface area (Å²) in [6.45, 7) is 7.78. The second-order valence-electron chi connectivity index (χ2n) is 20.4. The summed E-state index contributed by atoms with van der Waals surface area (Å²) in [5.74, 6) is 0.875. The molecule has 0 aromatic carbocycles. The zero-order chi connectivity index (χ0) is 43.3. The zero-order valence-corrected chi connectivity index (χ0v) is 35.8. The van der Waals surface area contributed by atoms with Crippen molar-refractivity contribution in [2.45, 2.75) is 195 Å². The molecule has 1 spiro atoms. The highest BCUT2D eigenvalue weighted by atomic mass is 16.8. The van der Waals surface area contributed by atoms with E-state index in [9.17, 15) is 46.0 Å². The van der Waals surface area contributed by atoms with Crippen LogP contribution in [0.1, 0.15) is 85.5 Å². The van der Waals surface area contributed by atoms with Gasteiger partial charge in [-0.15, -0.1) is 0 Å². The molecule has 0 radical (unpaired) electrons. The number of hydrogen-bond acceptors (Lipinski definition) is 17. The summed E-state index contributed by atoms with van der Waals surface area (Å²) in [7, 11) is 0.